The largest absolute Gasteiger partial charge is 0.346 e. The number of hydrogen-bond acceptors (Lipinski definition) is 8. The molecular weight excluding hydrogens is 616 g/mol. The van der Waals surface area contributed by atoms with Gasteiger partial charge >= 0.3 is 0 Å². The van der Waals surface area contributed by atoms with Crippen LogP contribution in [0.3, 0.4) is 0 Å². The van der Waals surface area contributed by atoms with Gasteiger partial charge in [0, 0.05) is 30.0 Å². The Morgan fingerprint density at radius 1 is 0.605 bits per heavy atom. The summed E-state index contributed by atoms with van der Waals surface area (Å²) in [6, 6.07) is 0. The van der Waals surface area contributed by atoms with Crippen molar-refractivity contribution >= 4 is 15.9 Å². The Bertz CT molecular complexity index is 999. The summed E-state index contributed by atoms with van der Waals surface area (Å²) >= 11 is 3.91. The highest BCUT2D eigenvalue weighted by molar-refractivity contribution is 9.09. The van der Waals surface area contributed by atoms with Crippen LogP contribution in [-0.4, -0.2) is 52.9 Å². The molecule has 4 bridgehead atoms. The lowest BCUT2D eigenvalue weighted by atomic mass is 9.56. The molecule has 0 aromatic heterocycles. The third-order valence-electron chi connectivity index (χ3n) is 13.9. The molecule has 8 heterocycles. The van der Waals surface area contributed by atoms with Gasteiger partial charge in [0.1, 0.15) is 0 Å². The van der Waals surface area contributed by atoms with E-state index in [1.807, 2.05) is 13.8 Å². The number of halogens is 1. The lowest BCUT2D eigenvalue weighted by Crippen LogP contribution is -2.70. The Hall–Kier alpha value is 0.160. The van der Waals surface area contributed by atoms with Crippen LogP contribution in [0.25, 0.3) is 0 Å². The summed E-state index contributed by atoms with van der Waals surface area (Å²) < 4.78 is 27.3. The SMILES string of the molecule is C[C@H]1[C@@H](CC(CBr)C[C@H]2O[C@@H]3O[C@@]4(C)CC[C@H]5[C@H](C)CC[C@@H]([C@H]2C)[C@@]35OO4)O[C@@H]2O[C@@]3(C)CC[C@H]4[C@H](C)CC[C@@H]1[C@@]24OO3. The van der Waals surface area contributed by atoms with E-state index in [9.17, 15) is 0 Å². The second kappa shape index (κ2) is 10.6. The summed E-state index contributed by atoms with van der Waals surface area (Å²) in [6.45, 7) is 13.5. The molecule has 8 nitrogen and oxygen atoms in total. The molecule has 8 aliphatic heterocycles. The van der Waals surface area contributed by atoms with Crippen LogP contribution >= 0.6 is 15.9 Å². The lowest BCUT2D eigenvalue weighted by Gasteiger charge is -2.61. The second-order valence-corrected chi connectivity index (χ2v) is 17.0. The topological polar surface area (TPSA) is 73.8 Å². The Kier molecular flexibility index (Phi) is 7.50. The fraction of sp³-hybridized carbons (Fsp3) is 1.00. The van der Waals surface area contributed by atoms with Gasteiger partial charge in [-0.25, -0.2) is 19.6 Å². The predicted molar refractivity (Wildman–Crippen MR) is 160 cm³/mol. The molecular formula is C34H53BrO8. The summed E-state index contributed by atoms with van der Waals surface area (Å²) in [5.41, 5.74) is -1.02. The lowest BCUT2D eigenvalue weighted by molar-refractivity contribution is -0.571. The Morgan fingerprint density at radius 2 is 1.05 bits per heavy atom. The standard InChI is InChI=1S/C34H53BrO8/c1-18-7-9-25-20(3)27(36-29-33(25)23(18)11-13-31(5,38-29)40-42-33)15-22(17-35)16-28-21(4)26-10-8-19(2)24-12-14-32(6)39-30(37-28)34(24,26)43-41-32/h18-30H,7-17H2,1-6H3/t18-,19-,20-,21-,23+,24+,25+,26+,27-,28-,29-,30-,31-,32-,33-,34-/m1/s1. The van der Waals surface area contributed by atoms with Gasteiger partial charge in [0.15, 0.2) is 23.8 Å². The van der Waals surface area contributed by atoms with Crippen LogP contribution in [0, 0.1) is 53.3 Å². The molecule has 0 N–H and O–H groups in total. The van der Waals surface area contributed by atoms with Gasteiger partial charge in [-0.15, -0.1) is 0 Å². The van der Waals surface area contributed by atoms with E-state index in [0.717, 1.165) is 56.7 Å². The van der Waals surface area contributed by atoms with Gasteiger partial charge in [0.2, 0.25) is 11.6 Å². The second-order valence-electron chi connectivity index (χ2n) is 16.4. The molecule has 2 aliphatic carbocycles. The predicted octanol–water partition coefficient (Wildman–Crippen LogP) is 7.28. The molecule has 0 radical (unpaired) electrons. The van der Waals surface area contributed by atoms with E-state index in [4.69, 9.17) is 38.5 Å². The highest BCUT2D eigenvalue weighted by atomic mass is 79.9. The highest BCUT2D eigenvalue weighted by Gasteiger charge is 2.71. The average Bonchev–Trinajstić information content (AvgIpc) is 3.35. The zero-order valence-electron chi connectivity index (χ0n) is 26.9. The summed E-state index contributed by atoms with van der Waals surface area (Å²) in [6.07, 6.45) is 9.85. The summed E-state index contributed by atoms with van der Waals surface area (Å²) in [5.74, 6) is 2.25. The van der Waals surface area contributed by atoms with Crippen LogP contribution in [0.5, 0.6) is 0 Å². The summed E-state index contributed by atoms with van der Waals surface area (Å²) in [7, 11) is 0. The fourth-order valence-electron chi connectivity index (χ4n) is 11.4. The third kappa shape index (κ3) is 4.41. The van der Waals surface area contributed by atoms with Crippen molar-refractivity contribution in [2.75, 3.05) is 5.33 Å². The van der Waals surface area contributed by atoms with E-state index in [-0.39, 0.29) is 24.8 Å². The Balaban J connectivity index is 1.02. The van der Waals surface area contributed by atoms with Crippen LogP contribution in [-0.2, 0) is 38.5 Å². The number of ether oxygens (including phenoxy) is 4. The van der Waals surface area contributed by atoms with Crippen molar-refractivity contribution < 1.29 is 38.5 Å². The highest BCUT2D eigenvalue weighted by Crippen LogP contribution is 2.63. The van der Waals surface area contributed by atoms with Gasteiger partial charge in [-0.05, 0) is 107 Å². The molecule has 0 aromatic rings. The molecule has 0 amide bonds. The van der Waals surface area contributed by atoms with Gasteiger partial charge in [-0.2, -0.15) is 0 Å². The molecule has 0 unspecified atom stereocenters. The van der Waals surface area contributed by atoms with Crippen LogP contribution < -0.4 is 0 Å². The fourth-order valence-corrected chi connectivity index (χ4v) is 11.9. The van der Waals surface area contributed by atoms with Crippen molar-refractivity contribution in [1.82, 2.24) is 0 Å². The first-order chi connectivity index (χ1) is 20.5. The molecule has 8 saturated heterocycles. The first-order valence-corrected chi connectivity index (χ1v) is 18.6. The minimum atomic E-state index is -0.741. The van der Waals surface area contributed by atoms with Crippen molar-refractivity contribution in [3.63, 3.8) is 0 Å². The van der Waals surface area contributed by atoms with Crippen molar-refractivity contribution in [2.24, 2.45) is 53.3 Å². The van der Waals surface area contributed by atoms with E-state index in [1.165, 1.54) is 12.8 Å². The van der Waals surface area contributed by atoms with E-state index < -0.39 is 22.8 Å². The molecule has 0 aromatic carbocycles. The molecule has 244 valence electrons. The van der Waals surface area contributed by atoms with E-state index >= 15 is 0 Å². The van der Waals surface area contributed by atoms with E-state index in [0.29, 0.717) is 53.3 Å². The van der Waals surface area contributed by atoms with Crippen molar-refractivity contribution in [3.05, 3.63) is 0 Å². The zero-order chi connectivity index (χ0) is 29.9. The first-order valence-electron chi connectivity index (χ1n) is 17.5. The minimum absolute atomic E-state index is 0.0923. The summed E-state index contributed by atoms with van der Waals surface area (Å²) in [5, 5.41) is 0.906. The summed E-state index contributed by atoms with van der Waals surface area (Å²) in [4.78, 5) is 24.9. The van der Waals surface area contributed by atoms with Gasteiger partial charge < -0.3 is 18.9 Å². The molecule has 43 heavy (non-hydrogen) atoms. The van der Waals surface area contributed by atoms with Gasteiger partial charge in [-0.3, -0.25) is 0 Å². The molecule has 2 spiro atoms. The van der Waals surface area contributed by atoms with Crippen LogP contribution in [0.4, 0.5) is 0 Å². The molecule has 10 rings (SSSR count). The molecule has 10 aliphatic rings. The maximum Gasteiger partial charge on any atom is 0.201 e. The Labute approximate surface area is 265 Å². The van der Waals surface area contributed by atoms with Gasteiger partial charge in [-0.1, -0.05) is 43.6 Å². The molecule has 2 saturated carbocycles. The average molecular weight is 670 g/mol. The maximum absolute atomic E-state index is 6.99. The quantitative estimate of drug-likeness (QED) is 0.224. The number of hydrogen-bond donors (Lipinski definition) is 0. The third-order valence-corrected chi connectivity index (χ3v) is 14.9. The smallest absolute Gasteiger partial charge is 0.201 e. The van der Waals surface area contributed by atoms with Crippen molar-refractivity contribution in [3.8, 4) is 0 Å². The number of alkyl halides is 1. The van der Waals surface area contributed by atoms with Crippen LogP contribution in [0.15, 0.2) is 0 Å². The number of rotatable bonds is 5. The van der Waals surface area contributed by atoms with Crippen molar-refractivity contribution in [2.45, 2.75) is 153 Å². The van der Waals surface area contributed by atoms with Crippen molar-refractivity contribution in [1.29, 1.82) is 0 Å². The Morgan fingerprint density at radius 3 is 1.47 bits per heavy atom. The van der Waals surface area contributed by atoms with E-state index in [2.05, 4.69) is 43.6 Å². The van der Waals surface area contributed by atoms with Gasteiger partial charge in [0.05, 0.1) is 12.2 Å². The van der Waals surface area contributed by atoms with Crippen LogP contribution in [0.1, 0.15) is 106 Å². The first kappa shape index (κ1) is 30.5. The molecule has 16 atom stereocenters. The van der Waals surface area contributed by atoms with Gasteiger partial charge in [0.25, 0.3) is 0 Å². The molecule has 10 fully saturated rings. The monoisotopic (exact) mass is 668 g/mol. The zero-order valence-corrected chi connectivity index (χ0v) is 28.5. The normalized spacial score (nSPS) is 59.5. The maximum atomic E-state index is 6.99. The van der Waals surface area contributed by atoms with E-state index in [1.54, 1.807) is 0 Å². The van der Waals surface area contributed by atoms with Crippen LogP contribution in [0.2, 0.25) is 0 Å². The molecule has 9 heteroatoms. The number of fused-ring (bicyclic) bond motifs is 4. The minimum Gasteiger partial charge on any atom is -0.346 e.